The lowest BCUT2D eigenvalue weighted by atomic mass is 9.75. The monoisotopic (exact) mass is 362 g/mol. The van der Waals surface area contributed by atoms with Crippen molar-refractivity contribution in [3.05, 3.63) is 23.3 Å². The Morgan fingerprint density at radius 3 is 2.77 bits per heavy atom. The van der Waals surface area contributed by atoms with Crippen molar-refractivity contribution >= 4 is 0 Å². The third-order valence-electron chi connectivity index (χ3n) is 6.07. The van der Waals surface area contributed by atoms with Gasteiger partial charge in [0.2, 0.25) is 0 Å². The summed E-state index contributed by atoms with van der Waals surface area (Å²) < 4.78 is 23.7. The minimum atomic E-state index is -0.347. The molecule has 0 radical (unpaired) electrons. The zero-order valence-electron chi connectivity index (χ0n) is 16.8. The maximum atomic E-state index is 12.4. The van der Waals surface area contributed by atoms with Gasteiger partial charge in [-0.15, -0.1) is 0 Å². The Hall–Kier alpha value is -1.29. The molecular formula is C22H34FNO2. The number of benzene rings is 1. The van der Waals surface area contributed by atoms with Crippen LogP contribution < -0.4 is 9.47 Å². The van der Waals surface area contributed by atoms with Gasteiger partial charge in [-0.05, 0) is 60.3 Å². The van der Waals surface area contributed by atoms with Gasteiger partial charge in [0.15, 0.2) is 11.5 Å². The summed E-state index contributed by atoms with van der Waals surface area (Å²) in [4.78, 5) is 2.68. The summed E-state index contributed by atoms with van der Waals surface area (Å²) in [7, 11) is 1.69. The summed E-state index contributed by atoms with van der Waals surface area (Å²) in [6, 6.07) is 4.80. The van der Waals surface area contributed by atoms with E-state index in [0.29, 0.717) is 19.1 Å². The highest BCUT2D eigenvalue weighted by Crippen LogP contribution is 2.45. The summed E-state index contributed by atoms with van der Waals surface area (Å²) >= 11 is 0. The lowest BCUT2D eigenvalue weighted by Gasteiger charge is -2.47. The molecule has 0 saturated carbocycles. The molecule has 1 aromatic rings. The maximum Gasteiger partial charge on any atom is 0.161 e. The van der Waals surface area contributed by atoms with E-state index in [-0.39, 0.29) is 6.67 Å². The predicted molar refractivity (Wildman–Crippen MR) is 104 cm³/mol. The first-order valence-electron chi connectivity index (χ1n) is 10.2. The number of nitrogens with zero attached hydrogens (tertiary/aromatic N) is 1. The van der Waals surface area contributed by atoms with Crippen LogP contribution in [0.25, 0.3) is 0 Å². The molecule has 0 bridgehead atoms. The van der Waals surface area contributed by atoms with Gasteiger partial charge in [-0.3, -0.25) is 9.29 Å². The van der Waals surface area contributed by atoms with Crippen LogP contribution in [0.15, 0.2) is 12.1 Å². The van der Waals surface area contributed by atoms with Gasteiger partial charge < -0.3 is 9.47 Å². The molecule has 0 aliphatic carbocycles. The Morgan fingerprint density at radius 1 is 1.27 bits per heavy atom. The molecule has 1 fully saturated rings. The normalized spacial score (nSPS) is 25.7. The first kappa shape index (κ1) is 19.5. The van der Waals surface area contributed by atoms with E-state index in [2.05, 4.69) is 37.8 Å². The number of hydrogen-bond acceptors (Lipinski definition) is 3. The van der Waals surface area contributed by atoms with Crippen LogP contribution in [0.1, 0.15) is 57.2 Å². The van der Waals surface area contributed by atoms with Crippen LogP contribution in [0.5, 0.6) is 11.5 Å². The number of fused-ring (bicyclic) bond motifs is 3. The minimum absolute atomic E-state index is 0.347. The topological polar surface area (TPSA) is 21.7 Å². The molecule has 1 aromatic carbocycles. The number of hydrogen-bond donors (Lipinski definition) is 0. The molecule has 146 valence electrons. The van der Waals surface area contributed by atoms with Gasteiger partial charge in [0, 0.05) is 25.6 Å². The van der Waals surface area contributed by atoms with Crippen molar-refractivity contribution in [2.24, 2.45) is 17.8 Å². The van der Waals surface area contributed by atoms with Crippen LogP contribution in [0.3, 0.4) is 0 Å². The Balaban J connectivity index is 1.80. The molecule has 2 aliphatic rings. The molecular weight excluding hydrogens is 328 g/mol. The fraction of sp³-hybridized carbons (Fsp3) is 0.727. The molecule has 0 aromatic heterocycles. The van der Waals surface area contributed by atoms with Gasteiger partial charge in [0.05, 0.1) is 20.4 Å². The standard InChI is InChI=1S/C22H34FNO2/c1-15(2)10-18-14-24-8-6-17-12-22(26-9-5-7-23)21(25-4)13-19(17)20(24)11-16(18)3/h12-13,15-16,18,20H,5-11,14H2,1-4H3/t16-,18-,20-/m1/s1/i23-1. The summed E-state index contributed by atoms with van der Waals surface area (Å²) in [5.74, 6) is 3.85. The molecule has 1 saturated heterocycles. The van der Waals surface area contributed by atoms with E-state index in [1.807, 2.05) is 0 Å². The van der Waals surface area contributed by atoms with E-state index in [1.54, 1.807) is 7.11 Å². The minimum Gasteiger partial charge on any atom is -0.493 e. The first-order valence-corrected chi connectivity index (χ1v) is 10.2. The summed E-state index contributed by atoms with van der Waals surface area (Å²) in [5, 5.41) is 0. The number of methoxy groups -OCH3 is 1. The Labute approximate surface area is 157 Å². The van der Waals surface area contributed by atoms with Gasteiger partial charge in [-0.25, -0.2) is 0 Å². The van der Waals surface area contributed by atoms with Gasteiger partial charge in [-0.2, -0.15) is 0 Å². The number of piperidine rings is 1. The van der Waals surface area contributed by atoms with Crippen LogP contribution in [-0.4, -0.2) is 38.4 Å². The molecule has 0 N–H and O–H groups in total. The molecule has 0 spiro atoms. The lowest BCUT2D eigenvalue weighted by Crippen LogP contribution is -2.45. The molecule has 26 heavy (non-hydrogen) atoms. The van der Waals surface area contributed by atoms with Gasteiger partial charge in [0.1, 0.15) is 0 Å². The summed E-state index contributed by atoms with van der Waals surface area (Å²) in [6.07, 6.45) is 4.01. The molecule has 2 heterocycles. The number of halogens is 1. The average Bonchev–Trinajstić information content (AvgIpc) is 2.61. The highest BCUT2D eigenvalue weighted by Gasteiger charge is 2.37. The van der Waals surface area contributed by atoms with Crippen molar-refractivity contribution < 1.29 is 13.9 Å². The molecule has 0 amide bonds. The quantitative estimate of drug-likeness (QED) is 0.635. The van der Waals surface area contributed by atoms with Crippen molar-refractivity contribution in [1.29, 1.82) is 0 Å². The summed E-state index contributed by atoms with van der Waals surface area (Å²) in [5.41, 5.74) is 2.78. The molecule has 2 aliphatic heterocycles. The van der Waals surface area contributed by atoms with Crippen LogP contribution in [0, 0.1) is 17.8 Å². The van der Waals surface area contributed by atoms with Gasteiger partial charge in [0.25, 0.3) is 0 Å². The second-order valence-electron chi connectivity index (χ2n) is 8.46. The largest absolute Gasteiger partial charge is 0.493 e. The highest BCUT2D eigenvalue weighted by atomic mass is 18.2. The Bertz CT molecular complexity index is 604. The van der Waals surface area contributed by atoms with Crippen molar-refractivity contribution in [1.82, 2.24) is 4.90 Å². The molecule has 3 atom stereocenters. The third-order valence-corrected chi connectivity index (χ3v) is 6.07. The number of ether oxygens (including phenoxy) is 2. The maximum absolute atomic E-state index is 12.4. The summed E-state index contributed by atoms with van der Waals surface area (Å²) in [6.45, 7) is 9.47. The fourth-order valence-electron chi connectivity index (χ4n) is 4.70. The Morgan fingerprint density at radius 2 is 2.08 bits per heavy atom. The second kappa shape index (κ2) is 8.60. The van der Waals surface area contributed by atoms with Gasteiger partial charge in [-0.1, -0.05) is 20.8 Å². The lowest BCUT2D eigenvalue weighted by molar-refractivity contribution is 0.0515. The molecule has 0 unspecified atom stereocenters. The van der Waals surface area contributed by atoms with Crippen molar-refractivity contribution in [2.75, 3.05) is 33.5 Å². The van der Waals surface area contributed by atoms with E-state index in [0.717, 1.165) is 42.2 Å². The third kappa shape index (κ3) is 4.16. The van der Waals surface area contributed by atoms with Gasteiger partial charge >= 0.3 is 0 Å². The van der Waals surface area contributed by atoms with E-state index in [4.69, 9.17) is 9.47 Å². The smallest absolute Gasteiger partial charge is 0.161 e. The van der Waals surface area contributed by atoms with E-state index in [9.17, 15) is 4.39 Å². The van der Waals surface area contributed by atoms with E-state index >= 15 is 0 Å². The van der Waals surface area contributed by atoms with Crippen LogP contribution >= 0.6 is 0 Å². The number of alkyl halides is 1. The van der Waals surface area contributed by atoms with Crippen molar-refractivity contribution in [2.45, 2.75) is 52.5 Å². The Kier molecular flexibility index (Phi) is 6.44. The van der Waals surface area contributed by atoms with Crippen molar-refractivity contribution in [3.8, 4) is 11.5 Å². The fourth-order valence-corrected chi connectivity index (χ4v) is 4.70. The second-order valence-corrected chi connectivity index (χ2v) is 8.46. The van der Waals surface area contributed by atoms with E-state index < -0.39 is 0 Å². The van der Waals surface area contributed by atoms with Crippen molar-refractivity contribution in [3.63, 3.8) is 0 Å². The van der Waals surface area contributed by atoms with Crippen LogP contribution in [0.2, 0.25) is 0 Å². The average molecular weight is 363 g/mol. The zero-order valence-corrected chi connectivity index (χ0v) is 16.8. The molecule has 3 rings (SSSR count). The highest BCUT2D eigenvalue weighted by molar-refractivity contribution is 5.49. The van der Waals surface area contributed by atoms with Crippen LogP contribution in [-0.2, 0) is 6.42 Å². The van der Waals surface area contributed by atoms with Crippen LogP contribution in [0.4, 0.5) is 4.39 Å². The SMILES string of the molecule is COc1cc2c(cc1OCCC[18F])CCN1C[C@@H](CC(C)C)[C@H](C)C[C@H]21. The molecule has 3 nitrogen and oxygen atoms in total. The zero-order chi connectivity index (χ0) is 18.7. The van der Waals surface area contributed by atoms with E-state index in [1.165, 1.54) is 30.5 Å². The predicted octanol–water partition coefficient (Wildman–Crippen LogP) is 5.03. The first-order chi connectivity index (χ1) is 12.5. The number of rotatable bonds is 7. The molecule has 4 heteroatoms.